The zero-order valence-corrected chi connectivity index (χ0v) is 9.55. The number of carboxylic acid groups (broad SMARTS) is 1. The number of urea groups is 1. The number of amides is 2. The van der Waals surface area contributed by atoms with E-state index in [0.717, 1.165) is 5.56 Å². The normalized spacial score (nSPS) is 9.94. The van der Waals surface area contributed by atoms with Crippen LogP contribution in [0, 0.1) is 0 Å². The third kappa shape index (κ3) is 4.71. The van der Waals surface area contributed by atoms with E-state index in [2.05, 4.69) is 0 Å². The highest BCUT2D eigenvalue weighted by atomic mass is 35.5. The molecule has 0 atom stereocenters. The lowest BCUT2D eigenvalue weighted by Crippen LogP contribution is -2.39. The number of halogens is 1. The van der Waals surface area contributed by atoms with Crippen LogP contribution in [0.15, 0.2) is 24.3 Å². The van der Waals surface area contributed by atoms with Gasteiger partial charge >= 0.3 is 12.0 Å². The molecule has 3 N–H and O–H groups in total. The van der Waals surface area contributed by atoms with Gasteiger partial charge in [-0.25, -0.2) is 4.79 Å². The van der Waals surface area contributed by atoms with Gasteiger partial charge in [0.1, 0.15) is 13.2 Å². The van der Waals surface area contributed by atoms with Gasteiger partial charge in [-0.3, -0.25) is 9.63 Å². The number of nitrogens with zero attached hydrogens (tertiary/aromatic N) is 1. The lowest BCUT2D eigenvalue weighted by atomic mass is 10.2. The largest absolute Gasteiger partial charge is 0.480 e. The molecule has 1 aromatic carbocycles. The van der Waals surface area contributed by atoms with Crippen molar-refractivity contribution in [1.29, 1.82) is 0 Å². The molecular weight excluding hydrogens is 248 g/mol. The average Bonchev–Trinajstić information content (AvgIpc) is 2.25. The molecule has 0 radical (unpaired) electrons. The lowest BCUT2D eigenvalue weighted by molar-refractivity contribution is -0.159. The fourth-order valence-electron chi connectivity index (χ4n) is 1.04. The molecule has 1 aromatic rings. The van der Waals surface area contributed by atoms with Crippen LogP contribution in [0.5, 0.6) is 0 Å². The molecule has 0 saturated carbocycles. The average molecular weight is 259 g/mol. The van der Waals surface area contributed by atoms with Crippen LogP contribution >= 0.6 is 11.6 Å². The predicted octanol–water partition coefficient (Wildman–Crippen LogP) is 1.24. The van der Waals surface area contributed by atoms with Crippen molar-refractivity contribution in [3.63, 3.8) is 0 Å². The van der Waals surface area contributed by atoms with E-state index in [9.17, 15) is 9.59 Å². The highest BCUT2D eigenvalue weighted by molar-refractivity contribution is 6.30. The molecular formula is C10H11ClN2O4. The van der Waals surface area contributed by atoms with Crippen molar-refractivity contribution in [2.24, 2.45) is 5.73 Å². The number of carbonyl (C=O) groups excluding carboxylic acids is 1. The molecule has 0 aliphatic heterocycles. The number of benzene rings is 1. The van der Waals surface area contributed by atoms with Gasteiger partial charge in [-0.05, 0) is 17.7 Å². The Balaban J connectivity index is 2.54. The Morgan fingerprint density at radius 2 is 1.94 bits per heavy atom. The van der Waals surface area contributed by atoms with E-state index in [1.54, 1.807) is 24.3 Å². The summed E-state index contributed by atoms with van der Waals surface area (Å²) in [5.74, 6) is -1.21. The van der Waals surface area contributed by atoms with Crippen LogP contribution < -0.4 is 5.73 Å². The van der Waals surface area contributed by atoms with Crippen LogP contribution in [0.2, 0.25) is 5.02 Å². The molecule has 2 amide bonds. The second-order valence-corrected chi connectivity index (χ2v) is 3.60. The molecule has 0 bridgehead atoms. The molecule has 7 heteroatoms. The van der Waals surface area contributed by atoms with Gasteiger partial charge in [0.05, 0.1) is 0 Å². The van der Waals surface area contributed by atoms with E-state index in [1.807, 2.05) is 0 Å². The zero-order valence-electron chi connectivity index (χ0n) is 8.80. The summed E-state index contributed by atoms with van der Waals surface area (Å²) in [7, 11) is 0. The highest BCUT2D eigenvalue weighted by Gasteiger charge is 2.14. The van der Waals surface area contributed by atoms with E-state index in [4.69, 9.17) is 27.3 Å². The van der Waals surface area contributed by atoms with Crippen molar-refractivity contribution in [2.75, 3.05) is 6.54 Å². The van der Waals surface area contributed by atoms with Crippen LogP contribution in [0.1, 0.15) is 5.56 Å². The summed E-state index contributed by atoms with van der Waals surface area (Å²) >= 11 is 5.69. The first kappa shape index (κ1) is 13.3. The number of nitrogens with two attached hydrogens (primary N) is 1. The number of hydrogen-bond donors (Lipinski definition) is 2. The summed E-state index contributed by atoms with van der Waals surface area (Å²) in [4.78, 5) is 26.2. The van der Waals surface area contributed by atoms with Crippen LogP contribution in [-0.2, 0) is 16.2 Å². The van der Waals surface area contributed by atoms with Gasteiger partial charge in [0.25, 0.3) is 0 Å². The SMILES string of the molecule is NC(=O)N(CC(=O)O)OCc1ccc(Cl)cc1. The van der Waals surface area contributed by atoms with Crippen molar-refractivity contribution in [3.05, 3.63) is 34.9 Å². The fourth-order valence-corrected chi connectivity index (χ4v) is 1.17. The van der Waals surface area contributed by atoms with Crippen LogP contribution in [0.4, 0.5) is 4.79 Å². The summed E-state index contributed by atoms with van der Waals surface area (Å²) in [5, 5.41) is 9.67. The number of hydrogen-bond acceptors (Lipinski definition) is 3. The third-order valence-corrected chi connectivity index (χ3v) is 2.08. The number of primary amides is 1. The Labute approximate surface area is 102 Å². The number of rotatable bonds is 5. The minimum Gasteiger partial charge on any atom is -0.480 e. The Morgan fingerprint density at radius 3 is 2.41 bits per heavy atom. The minimum atomic E-state index is -1.21. The van der Waals surface area contributed by atoms with Crippen molar-refractivity contribution in [3.8, 4) is 0 Å². The van der Waals surface area contributed by atoms with Crippen molar-refractivity contribution < 1.29 is 19.5 Å². The molecule has 0 aromatic heterocycles. The van der Waals surface area contributed by atoms with Crippen molar-refractivity contribution in [1.82, 2.24) is 5.06 Å². The van der Waals surface area contributed by atoms with E-state index in [0.29, 0.717) is 10.1 Å². The van der Waals surface area contributed by atoms with Gasteiger partial charge in [0, 0.05) is 5.02 Å². The van der Waals surface area contributed by atoms with E-state index >= 15 is 0 Å². The summed E-state index contributed by atoms with van der Waals surface area (Å²) in [5.41, 5.74) is 5.69. The zero-order chi connectivity index (χ0) is 12.8. The summed E-state index contributed by atoms with van der Waals surface area (Å²) < 4.78 is 0. The topological polar surface area (TPSA) is 92.9 Å². The molecule has 0 aliphatic carbocycles. The van der Waals surface area contributed by atoms with Crippen molar-refractivity contribution >= 4 is 23.6 Å². The monoisotopic (exact) mass is 258 g/mol. The van der Waals surface area contributed by atoms with Gasteiger partial charge in [0.15, 0.2) is 0 Å². The number of hydroxylamine groups is 2. The van der Waals surface area contributed by atoms with Gasteiger partial charge in [-0.15, -0.1) is 0 Å². The molecule has 1 rings (SSSR count). The fraction of sp³-hybridized carbons (Fsp3) is 0.200. The van der Waals surface area contributed by atoms with E-state index < -0.39 is 18.5 Å². The van der Waals surface area contributed by atoms with Crippen LogP contribution in [0.3, 0.4) is 0 Å². The standard InChI is InChI=1S/C10H11ClN2O4/c11-8-3-1-7(2-4-8)6-17-13(10(12)16)5-9(14)15/h1-4H,5-6H2,(H2,12,16)(H,14,15). The second-order valence-electron chi connectivity index (χ2n) is 3.17. The Hall–Kier alpha value is -1.79. The molecule has 0 aliphatic rings. The summed E-state index contributed by atoms with van der Waals surface area (Å²) in [6, 6.07) is 5.75. The third-order valence-electron chi connectivity index (χ3n) is 1.82. The van der Waals surface area contributed by atoms with Gasteiger partial charge in [-0.1, -0.05) is 23.7 Å². The molecule has 0 spiro atoms. The first-order valence-corrected chi connectivity index (χ1v) is 5.03. The Bertz CT molecular complexity index is 407. The maximum absolute atomic E-state index is 10.8. The molecule has 0 unspecified atom stereocenters. The van der Waals surface area contributed by atoms with Crippen LogP contribution in [0.25, 0.3) is 0 Å². The predicted molar refractivity (Wildman–Crippen MR) is 60.2 cm³/mol. The minimum absolute atomic E-state index is 0.0351. The summed E-state index contributed by atoms with van der Waals surface area (Å²) in [6.45, 7) is -0.573. The molecule has 0 fully saturated rings. The quantitative estimate of drug-likeness (QED) is 0.777. The first-order valence-electron chi connectivity index (χ1n) is 4.65. The van der Waals surface area contributed by atoms with E-state index in [1.165, 1.54) is 0 Å². The maximum atomic E-state index is 10.8. The molecule has 92 valence electrons. The lowest BCUT2D eigenvalue weighted by Gasteiger charge is -2.17. The van der Waals surface area contributed by atoms with Crippen molar-refractivity contribution in [2.45, 2.75) is 6.61 Å². The number of carboxylic acids is 1. The molecule has 6 nitrogen and oxygen atoms in total. The summed E-state index contributed by atoms with van der Waals surface area (Å²) in [6.07, 6.45) is 0. The molecule has 17 heavy (non-hydrogen) atoms. The molecule has 0 heterocycles. The van der Waals surface area contributed by atoms with Crippen LogP contribution in [-0.4, -0.2) is 28.7 Å². The van der Waals surface area contributed by atoms with Gasteiger partial charge < -0.3 is 10.8 Å². The number of carbonyl (C=O) groups is 2. The number of aliphatic carboxylic acids is 1. The first-order chi connectivity index (χ1) is 7.99. The highest BCUT2D eigenvalue weighted by Crippen LogP contribution is 2.10. The smallest absolute Gasteiger partial charge is 0.339 e. The Morgan fingerprint density at radius 1 is 1.35 bits per heavy atom. The maximum Gasteiger partial charge on any atom is 0.339 e. The Kier molecular flexibility index (Phi) is 4.74. The van der Waals surface area contributed by atoms with Gasteiger partial charge in [0.2, 0.25) is 0 Å². The van der Waals surface area contributed by atoms with E-state index in [-0.39, 0.29) is 6.61 Å². The van der Waals surface area contributed by atoms with Gasteiger partial charge in [-0.2, -0.15) is 5.06 Å². The molecule has 0 saturated heterocycles. The second kappa shape index (κ2) is 6.07.